The third-order valence-electron chi connectivity index (χ3n) is 5.11. The summed E-state index contributed by atoms with van der Waals surface area (Å²) < 4.78 is 29.0. The predicted octanol–water partition coefficient (Wildman–Crippen LogP) is 1.91. The van der Waals surface area contributed by atoms with Gasteiger partial charge in [-0.15, -0.1) is 0 Å². The Kier molecular flexibility index (Phi) is 7.34. The topological polar surface area (TPSA) is 122 Å². The van der Waals surface area contributed by atoms with E-state index in [0.29, 0.717) is 5.39 Å². The second kappa shape index (κ2) is 10.2. The molecular formula is C23H23F2N5O4. The van der Waals surface area contributed by atoms with Crippen molar-refractivity contribution in [3.8, 4) is 0 Å². The van der Waals surface area contributed by atoms with E-state index in [-0.39, 0.29) is 23.2 Å². The summed E-state index contributed by atoms with van der Waals surface area (Å²) in [5.74, 6) is -5.35. The first-order valence-corrected chi connectivity index (χ1v) is 10.5. The molecule has 1 heterocycles. The number of aromatic nitrogens is 2. The fourth-order valence-electron chi connectivity index (χ4n) is 3.34. The quantitative estimate of drug-likeness (QED) is 0.474. The molecule has 0 aliphatic carbocycles. The molecule has 3 N–H and O–H groups in total. The van der Waals surface area contributed by atoms with Gasteiger partial charge in [0.1, 0.15) is 23.2 Å². The van der Waals surface area contributed by atoms with Crippen molar-refractivity contribution < 1.29 is 23.2 Å². The van der Waals surface area contributed by atoms with E-state index in [9.17, 15) is 28.0 Å². The van der Waals surface area contributed by atoms with Crippen LogP contribution in [0.1, 0.15) is 41.6 Å². The fourth-order valence-corrected chi connectivity index (χ4v) is 3.34. The molecule has 0 aliphatic heterocycles. The molecule has 2 aromatic carbocycles. The van der Waals surface area contributed by atoms with Gasteiger partial charge in [-0.1, -0.05) is 38.1 Å². The molecule has 0 bridgehead atoms. The molecule has 11 heteroatoms. The van der Waals surface area contributed by atoms with Crippen molar-refractivity contribution in [1.82, 2.24) is 25.9 Å². The highest BCUT2D eigenvalue weighted by atomic mass is 19.1. The smallest absolute Gasteiger partial charge is 0.290 e. The molecule has 0 unspecified atom stereocenters. The van der Waals surface area contributed by atoms with E-state index in [0.717, 1.165) is 22.9 Å². The van der Waals surface area contributed by atoms with E-state index in [2.05, 4.69) is 21.3 Å². The predicted molar refractivity (Wildman–Crippen MR) is 120 cm³/mol. The second-order valence-corrected chi connectivity index (χ2v) is 7.75. The van der Waals surface area contributed by atoms with E-state index >= 15 is 0 Å². The maximum Gasteiger partial charge on any atom is 0.290 e. The summed E-state index contributed by atoms with van der Waals surface area (Å²) in [4.78, 5) is 50.3. The zero-order valence-electron chi connectivity index (χ0n) is 18.7. The van der Waals surface area contributed by atoms with Crippen LogP contribution in [0.4, 0.5) is 8.78 Å². The van der Waals surface area contributed by atoms with Crippen molar-refractivity contribution in [1.29, 1.82) is 0 Å². The number of nitrogens with one attached hydrogen (secondary N) is 3. The number of hydrogen-bond donors (Lipinski definition) is 3. The van der Waals surface area contributed by atoms with Gasteiger partial charge in [-0.05, 0) is 31.0 Å². The SMILES string of the molecule is CCn1nc(C(=O)NNC(=O)[C@@H](NC(=O)c2c(F)cccc2F)C(C)C)c2ccccc2c1=O. The molecule has 3 aromatic rings. The summed E-state index contributed by atoms with van der Waals surface area (Å²) >= 11 is 0. The van der Waals surface area contributed by atoms with Crippen molar-refractivity contribution in [2.24, 2.45) is 5.92 Å². The minimum Gasteiger partial charge on any atom is -0.340 e. The van der Waals surface area contributed by atoms with Crippen molar-refractivity contribution in [2.45, 2.75) is 33.4 Å². The minimum absolute atomic E-state index is 0.0871. The maximum atomic E-state index is 13.9. The van der Waals surface area contributed by atoms with Gasteiger partial charge in [-0.3, -0.25) is 30.0 Å². The van der Waals surface area contributed by atoms with Gasteiger partial charge in [0, 0.05) is 11.9 Å². The number of benzene rings is 2. The molecular weight excluding hydrogens is 448 g/mol. The van der Waals surface area contributed by atoms with E-state index in [1.54, 1.807) is 45.0 Å². The first-order chi connectivity index (χ1) is 16.1. The van der Waals surface area contributed by atoms with Gasteiger partial charge in [0.15, 0.2) is 5.69 Å². The molecule has 3 amide bonds. The van der Waals surface area contributed by atoms with E-state index in [1.165, 1.54) is 0 Å². The zero-order chi connectivity index (χ0) is 25.0. The molecule has 0 fully saturated rings. The highest BCUT2D eigenvalue weighted by molar-refractivity contribution is 6.05. The number of nitrogens with zero attached hydrogens (tertiary/aromatic N) is 2. The lowest BCUT2D eigenvalue weighted by molar-refractivity contribution is -0.124. The average molecular weight is 471 g/mol. The van der Waals surface area contributed by atoms with E-state index in [4.69, 9.17) is 0 Å². The van der Waals surface area contributed by atoms with Crippen LogP contribution < -0.4 is 21.7 Å². The van der Waals surface area contributed by atoms with Crippen molar-refractivity contribution in [3.63, 3.8) is 0 Å². The number of amides is 3. The number of rotatable bonds is 6. The molecule has 0 radical (unpaired) electrons. The largest absolute Gasteiger partial charge is 0.340 e. The van der Waals surface area contributed by atoms with Gasteiger partial charge < -0.3 is 5.32 Å². The van der Waals surface area contributed by atoms with Crippen LogP contribution in [-0.4, -0.2) is 33.5 Å². The molecule has 34 heavy (non-hydrogen) atoms. The van der Waals surface area contributed by atoms with Crippen LogP contribution in [0.25, 0.3) is 10.8 Å². The van der Waals surface area contributed by atoms with Crippen LogP contribution in [0.5, 0.6) is 0 Å². The molecule has 0 saturated carbocycles. The Bertz CT molecular complexity index is 1300. The molecule has 3 rings (SSSR count). The lowest BCUT2D eigenvalue weighted by Crippen LogP contribution is -2.54. The van der Waals surface area contributed by atoms with E-state index < -0.39 is 46.9 Å². The average Bonchev–Trinajstić information content (AvgIpc) is 2.81. The monoisotopic (exact) mass is 471 g/mol. The summed E-state index contributed by atoms with van der Waals surface area (Å²) in [6.07, 6.45) is 0. The van der Waals surface area contributed by atoms with Crippen molar-refractivity contribution >= 4 is 28.5 Å². The molecule has 9 nitrogen and oxygen atoms in total. The van der Waals surface area contributed by atoms with E-state index in [1.807, 2.05) is 0 Å². The summed E-state index contributed by atoms with van der Waals surface area (Å²) in [5.41, 5.74) is 3.15. The van der Waals surface area contributed by atoms with Gasteiger partial charge >= 0.3 is 0 Å². The molecule has 1 atom stereocenters. The highest BCUT2D eigenvalue weighted by Crippen LogP contribution is 2.14. The third kappa shape index (κ3) is 4.92. The molecule has 0 saturated heterocycles. The summed E-state index contributed by atoms with van der Waals surface area (Å²) in [5, 5.41) is 6.95. The van der Waals surface area contributed by atoms with Crippen molar-refractivity contribution in [2.75, 3.05) is 0 Å². The maximum absolute atomic E-state index is 13.9. The Labute approximate surface area is 193 Å². The van der Waals surface area contributed by atoms with Gasteiger partial charge in [0.25, 0.3) is 23.3 Å². The minimum atomic E-state index is -1.22. The van der Waals surface area contributed by atoms with Crippen LogP contribution in [0.3, 0.4) is 0 Å². The van der Waals surface area contributed by atoms with Crippen LogP contribution in [0.15, 0.2) is 47.3 Å². The Hall–Kier alpha value is -4.15. The lowest BCUT2D eigenvalue weighted by Gasteiger charge is -2.22. The Balaban J connectivity index is 1.78. The summed E-state index contributed by atoms with van der Waals surface area (Å²) in [7, 11) is 0. The first-order valence-electron chi connectivity index (χ1n) is 10.5. The normalized spacial score (nSPS) is 11.8. The number of aryl methyl sites for hydroxylation is 1. The highest BCUT2D eigenvalue weighted by Gasteiger charge is 2.28. The Morgan fingerprint density at radius 2 is 1.56 bits per heavy atom. The molecule has 178 valence electrons. The fraction of sp³-hybridized carbons (Fsp3) is 0.261. The number of hydrogen-bond acceptors (Lipinski definition) is 5. The number of carbonyl (C=O) groups excluding carboxylic acids is 3. The second-order valence-electron chi connectivity index (χ2n) is 7.75. The van der Waals surface area contributed by atoms with Gasteiger partial charge in [0.05, 0.1) is 5.39 Å². The van der Waals surface area contributed by atoms with Gasteiger partial charge in [0.2, 0.25) is 0 Å². The van der Waals surface area contributed by atoms with Crippen LogP contribution >= 0.6 is 0 Å². The van der Waals surface area contributed by atoms with Crippen LogP contribution in [-0.2, 0) is 11.3 Å². The number of hydrazine groups is 1. The third-order valence-corrected chi connectivity index (χ3v) is 5.11. The van der Waals surface area contributed by atoms with Crippen molar-refractivity contribution in [3.05, 3.63) is 75.7 Å². The van der Waals surface area contributed by atoms with Gasteiger partial charge in [-0.25, -0.2) is 13.5 Å². The Morgan fingerprint density at radius 3 is 2.15 bits per heavy atom. The van der Waals surface area contributed by atoms with Gasteiger partial charge in [-0.2, -0.15) is 5.10 Å². The summed E-state index contributed by atoms with van der Waals surface area (Å²) in [6.45, 7) is 5.14. The lowest BCUT2D eigenvalue weighted by atomic mass is 10.0. The van der Waals surface area contributed by atoms with Crippen LogP contribution in [0, 0.1) is 17.6 Å². The number of halogens is 2. The standard InChI is InChI=1S/C23H23F2N5O4/c1-4-30-23(34)14-9-6-5-8-13(14)19(29-30)22(33)28-27-21(32)18(12(2)3)26-20(31)17-15(24)10-7-11-16(17)25/h5-12,18H,4H2,1-3H3,(H,26,31)(H,27,32)(H,28,33)/t18-/m0/s1. The zero-order valence-corrected chi connectivity index (χ0v) is 18.7. The van der Waals surface area contributed by atoms with Crippen LogP contribution in [0.2, 0.25) is 0 Å². The summed E-state index contributed by atoms with van der Waals surface area (Å²) in [6, 6.07) is 8.16. The number of carbonyl (C=O) groups is 3. The molecule has 1 aromatic heterocycles. The Morgan fingerprint density at radius 1 is 0.941 bits per heavy atom. The molecule has 0 spiro atoms. The first kappa shape index (κ1) is 24.5. The molecule has 0 aliphatic rings. The number of fused-ring (bicyclic) bond motifs is 1.